The minimum atomic E-state index is -0.0134. The molecule has 0 heterocycles. The van der Waals surface area contributed by atoms with E-state index >= 15 is 0 Å². The predicted octanol–water partition coefficient (Wildman–Crippen LogP) is 2.23. The third-order valence-corrected chi connectivity index (χ3v) is 1.81. The van der Waals surface area contributed by atoms with Crippen molar-refractivity contribution in [1.29, 1.82) is 0 Å². The van der Waals surface area contributed by atoms with Crippen LogP contribution in [-0.2, 0) is 4.79 Å². The molecule has 0 unspecified atom stereocenters. The van der Waals surface area contributed by atoms with E-state index in [1.54, 1.807) is 11.0 Å². The van der Waals surface area contributed by atoms with Gasteiger partial charge in [0.05, 0.1) is 0 Å². The smallest absolute Gasteiger partial charge is 0.246 e. The van der Waals surface area contributed by atoms with Crippen LogP contribution in [0.15, 0.2) is 25.3 Å². The van der Waals surface area contributed by atoms with Crippen LogP contribution >= 0.6 is 0 Å². The fraction of sp³-hybridized carbons (Fsp3) is 0.545. The van der Waals surface area contributed by atoms with Crippen LogP contribution < -0.4 is 0 Å². The zero-order valence-electron chi connectivity index (χ0n) is 8.62. The number of hydrogen-bond donors (Lipinski definition) is 0. The standard InChI is InChI=1S/C11H19NO/c1-5-8-12(11(13)6-2)9-7-10(3)4/h5-6,10H,1-2,7-9H2,3-4H3. The lowest BCUT2D eigenvalue weighted by Gasteiger charge is -2.20. The van der Waals surface area contributed by atoms with Gasteiger partial charge in [0.2, 0.25) is 5.91 Å². The summed E-state index contributed by atoms with van der Waals surface area (Å²) in [6, 6.07) is 0. The molecule has 0 aromatic rings. The van der Waals surface area contributed by atoms with Gasteiger partial charge in [-0.1, -0.05) is 26.5 Å². The Bertz CT molecular complexity index is 185. The van der Waals surface area contributed by atoms with Crippen molar-refractivity contribution in [2.24, 2.45) is 5.92 Å². The second-order valence-corrected chi connectivity index (χ2v) is 3.46. The first-order chi connectivity index (χ1) is 6.11. The Balaban J connectivity index is 4.00. The Morgan fingerprint density at radius 1 is 1.46 bits per heavy atom. The average Bonchev–Trinajstić information content (AvgIpc) is 2.10. The molecule has 0 atom stereocenters. The number of carbonyl (C=O) groups is 1. The summed E-state index contributed by atoms with van der Waals surface area (Å²) in [7, 11) is 0. The highest BCUT2D eigenvalue weighted by atomic mass is 16.2. The van der Waals surface area contributed by atoms with Crippen molar-refractivity contribution in [2.75, 3.05) is 13.1 Å². The van der Waals surface area contributed by atoms with Gasteiger partial charge in [-0.3, -0.25) is 4.79 Å². The summed E-state index contributed by atoms with van der Waals surface area (Å²) in [5, 5.41) is 0. The number of amides is 1. The summed E-state index contributed by atoms with van der Waals surface area (Å²) in [5.74, 6) is 0.602. The largest absolute Gasteiger partial charge is 0.335 e. The van der Waals surface area contributed by atoms with Gasteiger partial charge in [0.25, 0.3) is 0 Å². The lowest BCUT2D eigenvalue weighted by atomic mass is 10.1. The van der Waals surface area contributed by atoms with Crippen molar-refractivity contribution in [3.8, 4) is 0 Å². The second-order valence-electron chi connectivity index (χ2n) is 3.46. The fourth-order valence-electron chi connectivity index (χ4n) is 0.990. The van der Waals surface area contributed by atoms with Crippen molar-refractivity contribution in [3.63, 3.8) is 0 Å². The van der Waals surface area contributed by atoms with E-state index in [9.17, 15) is 4.79 Å². The molecule has 13 heavy (non-hydrogen) atoms. The lowest BCUT2D eigenvalue weighted by Crippen LogP contribution is -2.31. The number of hydrogen-bond acceptors (Lipinski definition) is 1. The van der Waals surface area contributed by atoms with Gasteiger partial charge in [0.1, 0.15) is 0 Å². The molecule has 2 nitrogen and oxygen atoms in total. The summed E-state index contributed by atoms with van der Waals surface area (Å²) in [5.41, 5.74) is 0. The predicted molar refractivity (Wildman–Crippen MR) is 56.4 cm³/mol. The van der Waals surface area contributed by atoms with Crippen LogP contribution in [0.4, 0.5) is 0 Å². The zero-order valence-corrected chi connectivity index (χ0v) is 8.62. The Morgan fingerprint density at radius 2 is 2.08 bits per heavy atom. The first-order valence-electron chi connectivity index (χ1n) is 4.64. The molecule has 0 aromatic heterocycles. The molecule has 0 aliphatic heterocycles. The number of carbonyl (C=O) groups excluding carboxylic acids is 1. The second kappa shape index (κ2) is 6.46. The molecule has 0 spiro atoms. The fourth-order valence-corrected chi connectivity index (χ4v) is 0.990. The quantitative estimate of drug-likeness (QED) is 0.454. The minimum absolute atomic E-state index is 0.0134. The number of rotatable bonds is 6. The summed E-state index contributed by atoms with van der Waals surface area (Å²) in [4.78, 5) is 13.0. The minimum Gasteiger partial charge on any atom is -0.335 e. The van der Waals surface area contributed by atoms with E-state index in [-0.39, 0.29) is 5.91 Å². The summed E-state index contributed by atoms with van der Waals surface area (Å²) in [6.07, 6.45) is 4.11. The highest BCUT2D eigenvalue weighted by Gasteiger charge is 2.08. The summed E-state index contributed by atoms with van der Waals surface area (Å²) >= 11 is 0. The molecule has 0 radical (unpaired) electrons. The monoisotopic (exact) mass is 181 g/mol. The van der Waals surface area contributed by atoms with Gasteiger partial charge < -0.3 is 4.90 Å². The maximum atomic E-state index is 11.3. The molecule has 0 N–H and O–H groups in total. The Morgan fingerprint density at radius 3 is 2.46 bits per heavy atom. The van der Waals surface area contributed by atoms with Crippen LogP contribution in [0.3, 0.4) is 0 Å². The molecule has 2 heteroatoms. The van der Waals surface area contributed by atoms with Crippen LogP contribution in [0.25, 0.3) is 0 Å². The Labute approximate surface area is 80.9 Å². The van der Waals surface area contributed by atoms with Crippen LogP contribution in [-0.4, -0.2) is 23.9 Å². The topological polar surface area (TPSA) is 20.3 Å². The van der Waals surface area contributed by atoms with Gasteiger partial charge in [-0.25, -0.2) is 0 Å². The third-order valence-electron chi connectivity index (χ3n) is 1.81. The molecule has 0 bridgehead atoms. The van der Waals surface area contributed by atoms with Crippen molar-refractivity contribution in [1.82, 2.24) is 4.90 Å². The van der Waals surface area contributed by atoms with E-state index in [2.05, 4.69) is 27.0 Å². The van der Waals surface area contributed by atoms with Crippen LogP contribution in [0, 0.1) is 5.92 Å². The van der Waals surface area contributed by atoms with Gasteiger partial charge in [0.15, 0.2) is 0 Å². The molecule has 74 valence electrons. The first-order valence-corrected chi connectivity index (χ1v) is 4.64. The van der Waals surface area contributed by atoms with E-state index in [0.29, 0.717) is 12.5 Å². The highest BCUT2D eigenvalue weighted by Crippen LogP contribution is 2.02. The van der Waals surface area contributed by atoms with Crippen molar-refractivity contribution < 1.29 is 4.79 Å². The average molecular weight is 181 g/mol. The molecule has 0 rings (SSSR count). The van der Waals surface area contributed by atoms with Gasteiger partial charge in [-0.2, -0.15) is 0 Å². The molecule has 0 saturated carbocycles. The van der Waals surface area contributed by atoms with Crippen LogP contribution in [0.2, 0.25) is 0 Å². The molecule has 0 saturated heterocycles. The van der Waals surface area contributed by atoms with Crippen molar-refractivity contribution >= 4 is 5.91 Å². The van der Waals surface area contributed by atoms with E-state index in [0.717, 1.165) is 13.0 Å². The Kier molecular flexibility index (Phi) is 5.94. The SMILES string of the molecule is C=CCN(CCC(C)C)C(=O)C=C. The Hall–Kier alpha value is -1.05. The molecule has 0 aliphatic rings. The van der Waals surface area contributed by atoms with Gasteiger partial charge in [-0.05, 0) is 18.4 Å². The van der Waals surface area contributed by atoms with Crippen molar-refractivity contribution in [3.05, 3.63) is 25.3 Å². The normalized spacial score (nSPS) is 9.77. The molecule has 0 fully saturated rings. The van der Waals surface area contributed by atoms with Crippen molar-refractivity contribution in [2.45, 2.75) is 20.3 Å². The van der Waals surface area contributed by atoms with E-state index in [1.807, 2.05) is 0 Å². The molecule has 1 amide bonds. The zero-order chi connectivity index (χ0) is 10.3. The van der Waals surface area contributed by atoms with E-state index in [4.69, 9.17) is 0 Å². The maximum Gasteiger partial charge on any atom is 0.246 e. The summed E-state index contributed by atoms with van der Waals surface area (Å²) < 4.78 is 0. The molecular weight excluding hydrogens is 162 g/mol. The third kappa shape index (κ3) is 5.23. The van der Waals surface area contributed by atoms with Crippen LogP contribution in [0.1, 0.15) is 20.3 Å². The highest BCUT2D eigenvalue weighted by molar-refractivity contribution is 5.87. The molecular formula is C11H19NO. The van der Waals surface area contributed by atoms with Gasteiger partial charge in [0, 0.05) is 13.1 Å². The van der Waals surface area contributed by atoms with Gasteiger partial charge >= 0.3 is 0 Å². The van der Waals surface area contributed by atoms with E-state index in [1.165, 1.54) is 6.08 Å². The molecule has 0 aromatic carbocycles. The first kappa shape index (κ1) is 11.9. The number of nitrogens with zero attached hydrogens (tertiary/aromatic N) is 1. The molecule has 0 aliphatic carbocycles. The maximum absolute atomic E-state index is 11.3. The lowest BCUT2D eigenvalue weighted by molar-refractivity contribution is -0.125. The van der Waals surface area contributed by atoms with E-state index < -0.39 is 0 Å². The van der Waals surface area contributed by atoms with Gasteiger partial charge in [-0.15, -0.1) is 6.58 Å². The van der Waals surface area contributed by atoms with Crippen LogP contribution in [0.5, 0.6) is 0 Å². The summed E-state index contributed by atoms with van der Waals surface area (Å²) in [6.45, 7) is 12.8.